The van der Waals surface area contributed by atoms with E-state index in [0.717, 1.165) is 18.7 Å². The van der Waals surface area contributed by atoms with Gasteiger partial charge in [-0.05, 0) is 61.0 Å². The molecule has 35 heavy (non-hydrogen) atoms. The summed E-state index contributed by atoms with van der Waals surface area (Å²) in [5.41, 5.74) is 3.46. The lowest BCUT2D eigenvalue weighted by Crippen LogP contribution is -2.32. The number of hydrogen-bond acceptors (Lipinski definition) is 6. The first kappa shape index (κ1) is 24.5. The van der Waals surface area contributed by atoms with Crippen molar-refractivity contribution in [2.24, 2.45) is 5.29 Å². The van der Waals surface area contributed by atoms with Gasteiger partial charge in [-0.25, -0.2) is 17.6 Å². The molecule has 1 atom stereocenters. The van der Waals surface area contributed by atoms with E-state index in [1.165, 1.54) is 55.0 Å². The van der Waals surface area contributed by atoms with E-state index in [9.17, 15) is 22.5 Å². The van der Waals surface area contributed by atoms with Gasteiger partial charge < -0.3 is 5.32 Å². The summed E-state index contributed by atoms with van der Waals surface area (Å²) in [6.45, 7) is 3.12. The Labute approximate surface area is 203 Å². The summed E-state index contributed by atoms with van der Waals surface area (Å²) in [7, 11) is -1.60. The van der Waals surface area contributed by atoms with Crippen LogP contribution in [-0.4, -0.2) is 31.4 Å². The van der Waals surface area contributed by atoms with E-state index in [1.807, 2.05) is 25.2 Å². The van der Waals surface area contributed by atoms with Gasteiger partial charge in [0.2, 0.25) is 0 Å². The normalized spacial score (nSPS) is 14.3. The summed E-state index contributed by atoms with van der Waals surface area (Å²) in [6, 6.07) is 15.4. The molecule has 0 radical (unpaired) electrons. The minimum absolute atomic E-state index is 0.109. The van der Waals surface area contributed by atoms with Crippen molar-refractivity contribution in [2.75, 3.05) is 12.4 Å². The average Bonchev–Trinajstić information content (AvgIpc) is 3.19. The zero-order chi connectivity index (χ0) is 25.2. The van der Waals surface area contributed by atoms with Crippen molar-refractivity contribution in [3.63, 3.8) is 0 Å². The van der Waals surface area contributed by atoms with E-state index < -0.39 is 27.7 Å². The van der Waals surface area contributed by atoms with Crippen molar-refractivity contribution in [3.8, 4) is 0 Å². The van der Waals surface area contributed by atoms with Crippen LogP contribution in [0.2, 0.25) is 0 Å². The fourth-order valence-corrected chi connectivity index (χ4v) is 5.50. The van der Waals surface area contributed by atoms with Gasteiger partial charge in [0, 0.05) is 24.3 Å². The van der Waals surface area contributed by atoms with E-state index in [4.69, 9.17) is 0 Å². The summed E-state index contributed by atoms with van der Waals surface area (Å²) < 4.78 is 39.9. The molecule has 1 aliphatic heterocycles. The first-order chi connectivity index (χ1) is 16.7. The lowest BCUT2D eigenvalue weighted by molar-refractivity contribution is 0.193. The van der Waals surface area contributed by atoms with Gasteiger partial charge in [0.1, 0.15) is 5.82 Å². The summed E-state index contributed by atoms with van der Waals surface area (Å²) in [5.74, 6) is -0.704. The standard InChI is InChI=1S/C25H25FN4O4S/c1-17(23-5-3-4-6-24(23)26)30(28-32)25(31)27-21-9-11-22(12-10-21)35(33,34)16-18-7-8-19-14-29(2)15-20(19)13-18/h3-13,17H,14-16H2,1-2H3,(H,27,31). The molecule has 0 aliphatic carbocycles. The van der Waals surface area contributed by atoms with Crippen LogP contribution in [0.25, 0.3) is 0 Å². The lowest BCUT2D eigenvalue weighted by Gasteiger charge is -2.22. The molecule has 0 spiro atoms. The van der Waals surface area contributed by atoms with Crippen LogP contribution in [0.5, 0.6) is 0 Å². The molecule has 182 valence electrons. The second kappa shape index (κ2) is 9.93. The van der Waals surface area contributed by atoms with Gasteiger partial charge in [0.05, 0.1) is 22.0 Å². The molecule has 1 aliphatic rings. The second-order valence-corrected chi connectivity index (χ2v) is 10.6. The number of nitroso groups, excluding NO2 is 1. The van der Waals surface area contributed by atoms with E-state index in [2.05, 4.69) is 15.5 Å². The minimum atomic E-state index is -3.61. The van der Waals surface area contributed by atoms with Gasteiger partial charge in [-0.1, -0.05) is 36.4 Å². The van der Waals surface area contributed by atoms with E-state index in [-0.39, 0.29) is 21.9 Å². The van der Waals surface area contributed by atoms with Gasteiger partial charge in [-0.2, -0.15) is 5.01 Å². The van der Waals surface area contributed by atoms with Gasteiger partial charge in [-0.3, -0.25) is 4.90 Å². The highest BCUT2D eigenvalue weighted by molar-refractivity contribution is 7.90. The molecule has 4 rings (SSSR count). The van der Waals surface area contributed by atoms with Crippen LogP contribution in [0.3, 0.4) is 0 Å². The minimum Gasteiger partial charge on any atom is -0.306 e. The maximum atomic E-state index is 14.1. The molecule has 0 fully saturated rings. The fraction of sp³-hybridized carbons (Fsp3) is 0.240. The number of carbonyl (C=O) groups is 1. The average molecular weight is 497 g/mol. The molecule has 0 saturated carbocycles. The van der Waals surface area contributed by atoms with Crippen LogP contribution in [-0.2, 0) is 28.7 Å². The number of nitrogens with one attached hydrogen (secondary N) is 1. The Kier molecular flexibility index (Phi) is 6.95. The summed E-state index contributed by atoms with van der Waals surface area (Å²) in [6.07, 6.45) is 0. The molecule has 10 heteroatoms. The molecule has 3 aromatic rings. The predicted molar refractivity (Wildman–Crippen MR) is 130 cm³/mol. The monoisotopic (exact) mass is 496 g/mol. The van der Waals surface area contributed by atoms with Crippen molar-refractivity contribution >= 4 is 21.6 Å². The Balaban J connectivity index is 1.44. The van der Waals surface area contributed by atoms with Crippen LogP contribution in [0, 0.1) is 10.7 Å². The van der Waals surface area contributed by atoms with Gasteiger partial charge >= 0.3 is 6.03 Å². The highest BCUT2D eigenvalue weighted by Gasteiger charge is 2.25. The third kappa shape index (κ3) is 5.39. The number of halogens is 1. The lowest BCUT2D eigenvalue weighted by atomic mass is 10.1. The number of hydrogen-bond donors (Lipinski definition) is 1. The maximum Gasteiger partial charge on any atom is 0.345 e. The third-order valence-electron chi connectivity index (χ3n) is 5.99. The van der Waals surface area contributed by atoms with Gasteiger partial charge in [-0.15, -0.1) is 4.91 Å². The number of anilines is 1. The molecule has 2 amide bonds. The van der Waals surface area contributed by atoms with Crippen LogP contribution in [0.1, 0.15) is 35.2 Å². The maximum absolute atomic E-state index is 14.1. The molecular weight excluding hydrogens is 471 g/mol. The van der Waals surface area contributed by atoms with Crippen molar-refractivity contribution in [1.82, 2.24) is 9.91 Å². The zero-order valence-electron chi connectivity index (χ0n) is 19.3. The highest BCUT2D eigenvalue weighted by Crippen LogP contribution is 2.26. The highest BCUT2D eigenvalue weighted by atomic mass is 32.2. The SMILES string of the molecule is CC(c1ccccc1F)N(N=O)C(=O)Nc1ccc(S(=O)(=O)Cc2ccc3c(c2)CN(C)C3)cc1. The van der Waals surface area contributed by atoms with Crippen molar-refractivity contribution in [2.45, 2.75) is 36.7 Å². The predicted octanol–water partition coefficient (Wildman–Crippen LogP) is 5.02. The molecule has 0 saturated heterocycles. The quantitative estimate of drug-likeness (QED) is 0.366. The first-order valence-electron chi connectivity index (χ1n) is 11.0. The molecule has 8 nitrogen and oxygen atoms in total. The Bertz CT molecular complexity index is 1360. The number of carbonyl (C=O) groups excluding carboxylic acids is 1. The molecule has 0 aromatic heterocycles. The Morgan fingerprint density at radius 2 is 1.77 bits per heavy atom. The second-order valence-electron chi connectivity index (χ2n) is 8.61. The number of amides is 2. The van der Waals surface area contributed by atoms with Crippen LogP contribution >= 0.6 is 0 Å². The number of benzene rings is 3. The molecule has 1 N–H and O–H groups in total. The smallest absolute Gasteiger partial charge is 0.306 e. The van der Waals surface area contributed by atoms with E-state index >= 15 is 0 Å². The van der Waals surface area contributed by atoms with Crippen LogP contribution in [0.15, 0.2) is 76.9 Å². The largest absolute Gasteiger partial charge is 0.345 e. The molecule has 1 heterocycles. The zero-order valence-corrected chi connectivity index (χ0v) is 20.1. The molecule has 3 aromatic carbocycles. The number of sulfone groups is 1. The fourth-order valence-electron chi connectivity index (χ4n) is 4.17. The topological polar surface area (TPSA) is 99.1 Å². The summed E-state index contributed by atoms with van der Waals surface area (Å²) in [5, 5.41) is 5.83. The number of nitrogens with zero attached hydrogens (tertiary/aromatic N) is 3. The Morgan fingerprint density at radius 1 is 1.09 bits per heavy atom. The summed E-state index contributed by atoms with van der Waals surface area (Å²) in [4.78, 5) is 26.2. The Hall–Kier alpha value is -3.63. The van der Waals surface area contributed by atoms with Gasteiger partial charge in [0.15, 0.2) is 9.84 Å². The van der Waals surface area contributed by atoms with Crippen molar-refractivity contribution in [3.05, 3.63) is 99.7 Å². The van der Waals surface area contributed by atoms with Crippen molar-refractivity contribution in [1.29, 1.82) is 0 Å². The van der Waals surface area contributed by atoms with Crippen LogP contribution < -0.4 is 5.32 Å². The summed E-state index contributed by atoms with van der Waals surface area (Å²) >= 11 is 0. The first-order valence-corrected chi connectivity index (χ1v) is 12.6. The third-order valence-corrected chi connectivity index (χ3v) is 7.69. The van der Waals surface area contributed by atoms with Crippen LogP contribution in [0.4, 0.5) is 14.9 Å². The van der Waals surface area contributed by atoms with E-state index in [1.54, 1.807) is 6.07 Å². The number of fused-ring (bicyclic) bond motifs is 1. The van der Waals surface area contributed by atoms with E-state index in [0.29, 0.717) is 10.6 Å². The molecule has 1 unspecified atom stereocenters. The Morgan fingerprint density at radius 3 is 2.46 bits per heavy atom. The molecule has 0 bridgehead atoms. The molecular formula is C25H25FN4O4S. The number of rotatable bonds is 7. The van der Waals surface area contributed by atoms with Gasteiger partial charge in [0.25, 0.3) is 0 Å². The number of urea groups is 1. The van der Waals surface area contributed by atoms with Crippen molar-refractivity contribution < 1.29 is 17.6 Å².